The van der Waals surface area contributed by atoms with Crippen molar-refractivity contribution in [3.8, 4) is 0 Å². The zero-order valence-electron chi connectivity index (χ0n) is 10.1. The molecule has 0 amide bonds. The van der Waals surface area contributed by atoms with Crippen LogP contribution in [0.3, 0.4) is 0 Å². The number of rotatable bonds is 2. The zero-order valence-corrected chi connectivity index (χ0v) is 11.0. The topological polar surface area (TPSA) is 20.3 Å². The van der Waals surface area contributed by atoms with Gasteiger partial charge < -0.3 is 4.90 Å². The molecule has 0 fully saturated rings. The molecule has 2 nitrogen and oxygen atoms in total. The SMILES string of the molecule is O=Cc1cc(N2CCc3ccccc3CC2)cs1. The number of anilines is 1. The molecule has 1 aliphatic rings. The van der Waals surface area contributed by atoms with Gasteiger partial charge in [0.1, 0.15) is 0 Å². The molecule has 0 radical (unpaired) electrons. The molecule has 2 heterocycles. The average Bonchev–Trinajstić information content (AvgIpc) is 2.79. The minimum absolute atomic E-state index is 0.812. The molecule has 0 saturated heterocycles. The monoisotopic (exact) mass is 257 g/mol. The maximum absolute atomic E-state index is 10.7. The highest BCUT2D eigenvalue weighted by Crippen LogP contribution is 2.25. The number of fused-ring (bicyclic) bond motifs is 1. The number of benzene rings is 1. The highest BCUT2D eigenvalue weighted by atomic mass is 32.1. The molecule has 0 bridgehead atoms. The fourth-order valence-electron chi connectivity index (χ4n) is 2.50. The molecule has 0 atom stereocenters. The van der Waals surface area contributed by atoms with Crippen LogP contribution in [0.4, 0.5) is 5.69 Å². The van der Waals surface area contributed by atoms with Crippen LogP contribution in [-0.4, -0.2) is 19.4 Å². The maximum Gasteiger partial charge on any atom is 0.160 e. The Kier molecular flexibility index (Phi) is 3.15. The number of carbonyl (C=O) groups excluding carboxylic acids is 1. The first-order valence-corrected chi connectivity index (χ1v) is 7.10. The molecule has 1 aromatic heterocycles. The summed E-state index contributed by atoms with van der Waals surface area (Å²) < 4.78 is 0. The van der Waals surface area contributed by atoms with E-state index >= 15 is 0 Å². The second-order valence-corrected chi connectivity index (χ2v) is 5.52. The van der Waals surface area contributed by atoms with Crippen LogP contribution < -0.4 is 4.90 Å². The van der Waals surface area contributed by atoms with Gasteiger partial charge in [-0.05, 0) is 30.0 Å². The van der Waals surface area contributed by atoms with Crippen molar-refractivity contribution in [2.24, 2.45) is 0 Å². The van der Waals surface area contributed by atoms with Crippen molar-refractivity contribution in [3.63, 3.8) is 0 Å². The van der Waals surface area contributed by atoms with Crippen molar-refractivity contribution in [1.29, 1.82) is 0 Å². The zero-order chi connectivity index (χ0) is 12.4. The lowest BCUT2D eigenvalue weighted by atomic mass is 10.0. The Hall–Kier alpha value is -1.61. The Labute approximate surface area is 111 Å². The van der Waals surface area contributed by atoms with Crippen molar-refractivity contribution in [3.05, 3.63) is 51.7 Å². The summed E-state index contributed by atoms with van der Waals surface area (Å²) in [4.78, 5) is 13.9. The van der Waals surface area contributed by atoms with Gasteiger partial charge in [0.05, 0.1) is 4.88 Å². The molecule has 1 aromatic carbocycles. The Morgan fingerprint density at radius 1 is 1.11 bits per heavy atom. The summed E-state index contributed by atoms with van der Waals surface area (Å²) >= 11 is 1.52. The van der Waals surface area contributed by atoms with E-state index in [1.807, 2.05) is 6.07 Å². The summed E-state index contributed by atoms with van der Waals surface area (Å²) in [6.45, 7) is 2.07. The quantitative estimate of drug-likeness (QED) is 0.770. The highest BCUT2D eigenvalue weighted by molar-refractivity contribution is 7.12. The van der Waals surface area contributed by atoms with Crippen molar-refractivity contribution in [2.75, 3.05) is 18.0 Å². The molecule has 92 valence electrons. The van der Waals surface area contributed by atoms with Gasteiger partial charge in [-0.2, -0.15) is 0 Å². The number of hydrogen-bond acceptors (Lipinski definition) is 3. The summed E-state index contributed by atoms with van der Waals surface area (Å²) in [6, 6.07) is 10.7. The van der Waals surface area contributed by atoms with E-state index < -0.39 is 0 Å². The largest absolute Gasteiger partial charge is 0.370 e. The average molecular weight is 257 g/mol. The molecular weight excluding hydrogens is 242 g/mol. The third-order valence-electron chi connectivity index (χ3n) is 3.51. The van der Waals surface area contributed by atoms with E-state index in [1.54, 1.807) is 0 Å². The van der Waals surface area contributed by atoms with Crippen LogP contribution in [0.15, 0.2) is 35.7 Å². The van der Waals surface area contributed by atoms with Crippen LogP contribution >= 0.6 is 11.3 Å². The van der Waals surface area contributed by atoms with Gasteiger partial charge in [-0.25, -0.2) is 0 Å². The standard InChI is InChI=1S/C15H15NOS/c17-10-15-9-14(11-18-15)16-7-5-12-3-1-2-4-13(12)6-8-16/h1-4,9-11H,5-8H2. The van der Waals surface area contributed by atoms with Gasteiger partial charge in [-0.15, -0.1) is 11.3 Å². The lowest BCUT2D eigenvalue weighted by Gasteiger charge is -2.20. The summed E-state index contributed by atoms with van der Waals surface area (Å²) in [5, 5.41) is 2.08. The molecule has 2 aromatic rings. The lowest BCUT2D eigenvalue weighted by molar-refractivity contribution is 0.112. The predicted octanol–water partition coefficient (Wildman–Crippen LogP) is 3.17. The summed E-state index contributed by atoms with van der Waals surface area (Å²) in [5.41, 5.74) is 4.12. The third kappa shape index (κ3) is 2.18. The first-order chi connectivity index (χ1) is 8.86. The number of carbonyl (C=O) groups is 1. The summed E-state index contributed by atoms with van der Waals surface area (Å²) in [6.07, 6.45) is 3.10. The van der Waals surface area contributed by atoms with Gasteiger partial charge in [0, 0.05) is 24.2 Å². The van der Waals surface area contributed by atoms with E-state index in [0.29, 0.717) is 0 Å². The van der Waals surface area contributed by atoms with Gasteiger partial charge in [0.15, 0.2) is 6.29 Å². The van der Waals surface area contributed by atoms with Crippen LogP contribution in [0.5, 0.6) is 0 Å². The van der Waals surface area contributed by atoms with Crippen molar-refractivity contribution < 1.29 is 4.79 Å². The molecule has 0 N–H and O–H groups in total. The van der Waals surface area contributed by atoms with E-state index in [9.17, 15) is 4.79 Å². The Morgan fingerprint density at radius 3 is 2.33 bits per heavy atom. The third-order valence-corrected chi connectivity index (χ3v) is 4.35. The fourth-order valence-corrected chi connectivity index (χ4v) is 3.21. The van der Waals surface area contributed by atoms with Gasteiger partial charge in [0.25, 0.3) is 0 Å². The van der Waals surface area contributed by atoms with E-state index in [0.717, 1.165) is 37.1 Å². The minimum Gasteiger partial charge on any atom is -0.370 e. The van der Waals surface area contributed by atoms with Crippen molar-refractivity contribution in [1.82, 2.24) is 0 Å². The van der Waals surface area contributed by atoms with Gasteiger partial charge in [0.2, 0.25) is 0 Å². The van der Waals surface area contributed by atoms with Crippen LogP contribution in [-0.2, 0) is 12.8 Å². The van der Waals surface area contributed by atoms with E-state index in [-0.39, 0.29) is 0 Å². The Balaban J connectivity index is 1.80. The summed E-state index contributed by atoms with van der Waals surface area (Å²) in [7, 11) is 0. The normalized spacial score (nSPS) is 15.0. The first kappa shape index (κ1) is 11.5. The summed E-state index contributed by atoms with van der Waals surface area (Å²) in [5.74, 6) is 0. The second kappa shape index (κ2) is 4.94. The molecule has 18 heavy (non-hydrogen) atoms. The Bertz CT molecular complexity index is 534. The molecule has 0 unspecified atom stereocenters. The maximum atomic E-state index is 10.7. The predicted molar refractivity (Wildman–Crippen MR) is 75.8 cm³/mol. The second-order valence-electron chi connectivity index (χ2n) is 4.58. The van der Waals surface area contributed by atoms with Crippen LogP contribution in [0.2, 0.25) is 0 Å². The minimum atomic E-state index is 0.812. The molecule has 3 rings (SSSR count). The van der Waals surface area contributed by atoms with Crippen LogP contribution in [0, 0.1) is 0 Å². The lowest BCUT2D eigenvalue weighted by Crippen LogP contribution is -2.25. The van der Waals surface area contributed by atoms with Gasteiger partial charge >= 0.3 is 0 Å². The highest BCUT2D eigenvalue weighted by Gasteiger charge is 2.14. The van der Waals surface area contributed by atoms with Crippen molar-refractivity contribution >= 4 is 23.3 Å². The molecule has 0 saturated carbocycles. The van der Waals surface area contributed by atoms with E-state index in [4.69, 9.17) is 0 Å². The van der Waals surface area contributed by atoms with Gasteiger partial charge in [-0.1, -0.05) is 24.3 Å². The number of thiophene rings is 1. The first-order valence-electron chi connectivity index (χ1n) is 6.22. The number of aldehydes is 1. The van der Waals surface area contributed by atoms with E-state index in [2.05, 4.69) is 34.5 Å². The van der Waals surface area contributed by atoms with Crippen molar-refractivity contribution in [2.45, 2.75) is 12.8 Å². The number of nitrogens with zero attached hydrogens (tertiary/aromatic N) is 1. The Morgan fingerprint density at radius 2 is 1.78 bits per heavy atom. The molecular formula is C15H15NOS. The van der Waals surface area contributed by atoms with Crippen LogP contribution in [0.25, 0.3) is 0 Å². The smallest absolute Gasteiger partial charge is 0.160 e. The van der Waals surface area contributed by atoms with E-state index in [1.165, 1.54) is 28.2 Å². The number of hydrogen-bond donors (Lipinski definition) is 0. The molecule has 3 heteroatoms. The fraction of sp³-hybridized carbons (Fsp3) is 0.267. The van der Waals surface area contributed by atoms with Crippen LogP contribution in [0.1, 0.15) is 20.8 Å². The molecule has 0 aliphatic carbocycles. The molecule has 0 spiro atoms. The van der Waals surface area contributed by atoms with Gasteiger partial charge in [-0.3, -0.25) is 4.79 Å². The molecule has 1 aliphatic heterocycles.